The molecule has 5 heteroatoms. The van der Waals surface area contributed by atoms with Gasteiger partial charge in [0, 0.05) is 11.3 Å². The molecule has 0 unspecified atom stereocenters. The summed E-state index contributed by atoms with van der Waals surface area (Å²) < 4.78 is 0. The van der Waals surface area contributed by atoms with Crippen LogP contribution < -0.4 is 5.32 Å². The maximum absolute atomic E-state index is 11.3. The summed E-state index contributed by atoms with van der Waals surface area (Å²) in [6.07, 6.45) is 0.421. The lowest BCUT2D eigenvalue weighted by atomic mass is 10.1. The number of nitrogens with one attached hydrogen (secondary N) is 2. The Labute approximate surface area is 103 Å². The second-order valence-electron chi connectivity index (χ2n) is 4.08. The van der Waals surface area contributed by atoms with Gasteiger partial charge < -0.3 is 10.3 Å². The first kappa shape index (κ1) is 10.4. The molecule has 0 radical (unpaired) electrons. The molecule has 0 aliphatic carbocycles. The van der Waals surface area contributed by atoms with Crippen molar-refractivity contribution in [3.8, 4) is 11.3 Å². The van der Waals surface area contributed by atoms with E-state index in [9.17, 15) is 4.79 Å². The van der Waals surface area contributed by atoms with Crippen molar-refractivity contribution >= 4 is 23.2 Å². The van der Waals surface area contributed by atoms with E-state index in [1.807, 2.05) is 25.1 Å². The van der Waals surface area contributed by atoms with Crippen molar-refractivity contribution in [1.29, 1.82) is 0 Å². The Hall–Kier alpha value is -1.81. The number of rotatable bonds is 1. The van der Waals surface area contributed by atoms with E-state index in [1.54, 1.807) is 0 Å². The number of nitrogens with zero attached hydrogens (tertiary/aromatic N) is 1. The minimum absolute atomic E-state index is 0.0291. The summed E-state index contributed by atoms with van der Waals surface area (Å²) in [5.41, 5.74) is 3.52. The third-order valence-electron chi connectivity index (χ3n) is 2.78. The minimum Gasteiger partial charge on any atom is -0.333 e. The van der Waals surface area contributed by atoms with E-state index in [0.29, 0.717) is 11.6 Å². The van der Waals surface area contributed by atoms with Gasteiger partial charge in [-0.05, 0) is 24.6 Å². The van der Waals surface area contributed by atoms with E-state index in [2.05, 4.69) is 15.3 Å². The van der Waals surface area contributed by atoms with E-state index >= 15 is 0 Å². The Bertz CT molecular complexity index is 618. The SMILES string of the molecule is Cc1nc(-c2ccc3c(c2)CC(=O)N3)c(Cl)[nH]1. The van der Waals surface area contributed by atoms with Crippen molar-refractivity contribution in [3.63, 3.8) is 0 Å². The Balaban J connectivity index is 2.09. The number of hydrogen-bond acceptors (Lipinski definition) is 2. The number of aryl methyl sites for hydroxylation is 1. The second kappa shape index (κ2) is 3.60. The fourth-order valence-electron chi connectivity index (χ4n) is 2.03. The van der Waals surface area contributed by atoms with Gasteiger partial charge in [-0.25, -0.2) is 4.98 Å². The maximum atomic E-state index is 11.3. The first-order chi connectivity index (χ1) is 8.13. The normalized spacial score (nSPS) is 13.6. The zero-order valence-corrected chi connectivity index (χ0v) is 9.93. The number of carbonyl (C=O) groups excluding carboxylic acids is 1. The van der Waals surface area contributed by atoms with E-state index in [-0.39, 0.29) is 5.91 Å². The molecule has 0 atom stereocenters. The number of amides is 1. The summed E-state index contributed by atoms with van der Waals surface area (Å²) in [4.78, 5) is 18.5. The van der Waals surface area contributed by atoms with Gasteiger partial charge in [0.25, 0.3) is 0 Å². The Morgan fingerprint density at radius 1 is 1.41 bits per heavy atom. The van der Waals surface area contributed by atoms with Crippen LogP contribution in [0, 0.1) is 6.92 Å². The van der Waals surface area contributed by atoms with Crippen LogP contribution >= 0.6 is 11.6 Å². The molecule has 86 valence electrons. The Morgan fingerprint density at radius 2 is 2.24 bits per heavy atom. The van der Waals surface area contributed by atoms with Gasteiger partial charge >= 0.3 is 0 Å². The van der Waals surface area contributed by atoms with Crippen LogP contribution in [0.1, 0.15) is 11.4 Å². The van der Waals surface area contributed by atoms with Gasteiger partial charge in [0.15, 0.2) is 0 Å². The molecular weight excluding hydrogens is 238 g/mol. The molecule has 17 heavy (non-hydrogen) atoms. The number of benzene rings is 1. The van der Waals surface area contributed by atoms with Crippen molar-refractivity contribution in [3.05, 3.63) is 34.7 Å². The average Bonchev–Trinajstić information content (AvgIpc) is 2.78. The first-order valence-corrected chi connectivity index (χ1v) is 5.66. The lowest BCUT2D eigenvalue weighted by molar-refractivity contribution is -0.115. The van der Waals surface area contributed by atoms with Crippen LogP contribution in [0.5, 0.6) is 0 Å². The molecule has 1 amide bonds. The van der Waals surface area contributed by atoms with Gasteiger partial charge in [0.2, 0.25) is 5.91 Å². The third kappa shape index (κ3) is 1.70. The molecule has 1 aromatic carbocycles. The average molecular weight is 248 g/mol. The first-order valence-electron chi connectivity index (χ1n) is 5.29. The van der Waals surface area contributed by atoms with Gasteiger partial charge in [-0.3, -0.25) is 4.79 Å². The molecule has 0 spiro atoms. The molecular formula is C12H10ClN3O. The highest BCUT2D eigenvalue weighted by Gasteiger charge is 2.19. The number of hydrogen-bond donors (Lipinski definition) is 2. The third-order valence-corrected chi connectivity index (χ3v) is 3.06. The van der Waals surface area contributed by atoms with E-state index < -0.39 is 0 Å². The number of fused-ring (bicyclic) bond motifs is 1. The zero-order chi connectivity index (χ0) is 12.0. The molecule has 4 nitrogen and oxygen atoms in total. The quantitative estimate of drug-likeness (QED) is 0.814. The molecule has 0 bridgehead atoms. The number of H-pyrrole nitrogens is 1. The summed E-state index contributed by atoms with van der Waals surface area (Å²) in [6.45, 7) is 1.85. The monoisotopic (exact) mass is 247 g/mol. The summed E-state index contributed by atoms with van der Waals surface area (Å²) in [7, 11) is 0. The summed E-state index contributed by atoms with van der Waals surface area (Å²) in [5, 5.41) is 3.32. The van der Waals surface area contributed by atoms with E-state index in [1.165, 1.54) is 0 Å². The fourth-order valence-corrected chi connectivity index (χ4v) is 2.32. The maximum Gasteiger partial charge on any atom is 0.228 e. The largest absolute Gasteiger partial charge is 0.333 e. The standard InChI is InChI=1S/C12H10ClN3O/c1-6-14-11(12(13)15-6)7-2-3-9-8(4-7)5-10(17)16-9/h2-4H,5H2,1H3,(H,14,15)(H,16,17). The molecule has 1 aromatic heterocycles. The molecule has 2 N–H and O–H groups in total. The van der Waals surface area contributed by atoms with Gasteiger partial charge in [-0.15, -0.1) is 0 Å². The number of imidazole rings is 1. The topological polar surface area (TPSA) is 57.8 Å². The number of carbonyl (C=O) groups is 1. The van der Waals surface area contributed by atoms with E-state index in [0.717, 1.165) is 28.3 Å². The lowest BCUT2D eigenvalue weighted by Gasteiger charge is -2.01. The highest BCUT2D eigenvalue weighted by atomic mass is 35.5. The van der Waals surface area contributed by atoms with Gasteiger partial charge in [-0.2, -0.15) is 0 Å². The Morgan fingerprint density at radius 3 is 2.94 bits per heavy atom. The number of halogens is 1. The highest BCUT2D eigenvalue weighted by molar-refractivity contribution is 6.31. The van der Waals surface area contributed by atoms with Crippen LogP contribution in [0.25, 0.3) is 11.3 Å². The van der Waals surface area contributed by atoms with Gasteiger partial charge in [-0.1, -0.05) is 17.7 Å². The number of anilines is 1. The van der Waals surface area contributed by atoms with Crippen LogP contribution in [-0.2, 0) is 11.2 Å². The molecule has 2 heterocycles. The van der Waals surface area contributed by atoms with Crippen LogP contribution in [0.2, 0.25) is 5.15 Å². The lowest BCUT2D eigenvalue weighted by Crippen LogP contribution is -2.03. The predicted octanol–water partition coefficient (Wildman–Crippen LogP) is 2.53. The van der Waals surface area contributed by atoms with Crippen molar-refractivity contribution in [2.45, 2.75) is 13.3 Å². The van der Waals surface area contributed by atoms with Crippen LogP contribution in [-0.4, -0.2) is 15.9 Å². The summed E-state index contributed by atoms with van der Waals surface area (Å²) >= 11 is 6.06. The van der Waals surface area contributed by atoms with Crippen LogP contribution in [0.3, 0.4) is 0 Å². The van der Waals surface area contributed by atoms with Crippen LogP contribution in [0.15, 0.2) is 18.2 Å². The smallest absolute Gasteiger partial charge is 0.228 e. The van der Waals surface area contributed by atoms with Crippen molar-refractivity contribution in [2.75, 3.05) is 5.32 Å². The second-order valence-corrected chi connectivity index (χ2v) is 4.46. The minimum atomic E-state index is 0.0291. The molecule has 0 saturated carbocycles. The summed E-state index contributed by atoms with van der Waals surface area (Å²) in [5.74, 6) is 0.807. The molecule has 3 rings (SSSR count). The predicted molar refractivity (Wildman–Crippen MR) is 66.1 cm³/mol. The fraction of sp³-hybridized carbons (Fsp3) is 0.167. The zero-order valence-electron chi connectivity index (χ0n) is 9.17. The van der Waals surface area contributed by atoms with E-state index in [4.69, 9.17) is 11.6 Å². The van der Waals surface area contributed by atoms with Gasteiger partial charge in [0.05, 0.1) is 6.42 Å². The van der Waals surface area contributed by atoms with Crippen molar-refractivity contribution < 1.29 is 4.79 Å². The highest BCUT2D eigenvalue weighted by Crippen LogP contribution is 2.31. The van der Waals surface area contributed by atoms with Gasteiger partial charge in [0.1, 0.15) is 16.7 Å². The Kier molecular flexibility index (Phi) is 2.19. The molecule has 0 fully saturated rings. The summed E-state index contributed by atoms with van der Waals surface area (Å²) in [6, 6.07) is 5.75. The molecule has 1 aliphatic heterocycles. The molecule has 1 aliphatic rings. The van der Waals surface area contributed by atoms with Crippen molar-refractivity contribution in [1.82, 2.24) is 9.97 Å². The van der Waals surface area contributed by atoms with Crippen molar-refractivity contribution in [2.24, 2.45) is 0 Å². The molecule has 2 aromatic rings. The van der Waals surface area contributed by atoms with Crippen LogP contribution in [0.4, 0.5) is 5.69 Å². The number of aromatic nitrogens is 2. The number of aromatic amines is 1. The molecule has 0 saturated heterocycles.